The number of carbonyl (C=O) groups is 1. The molecule has 1 aliphatic heterocycles. The molecule has 0 N–H and O–H groups in total. The highest BCUT2D eigenvalue weighted by atomic mass is 16.5. The molecule has 1 aliphatic rings. The van der Waals surface area contributed by atoms with Gasteiger partial charge < -0.3 is 19.1 Å². The van der Waals surface area contributed by atoms with Crippen LogP contribution in [-0.4, -0.2) is 334 Å². The average molecular weight is 772 g/mol. The fourth-order valence-corrected chi connectivity index (χ4v) is 9.72. The molecule has 0 fully saturated rings. The summed E-state index contributed by atoms with van der Waals surface area (Å²) in [6, 6.07) is 6.26. The molecule has 0 aliphatic carbocycles. The summed E-state index contributed by atoms with van der Waals surface area (Å²) >= 11 is 0. The fraction of sp³-hybridized carbons (Fsp3) is 0.444. The minimum atomic E-state index is -1.23. The number of aryl methyl sites for hydroxylation is 1. The number of methoxy groups -OCH3 is 1. The second-order valence-electron chi connectivity index (χ2n) is 17.4. The molecule has 47 heteroatoms. The Hall–Kier alpha value is 0.322. The third kappa shape index (κ3) is 17.0. The van der Waals surface area contributed by atoms with Gasteiger partial charge in [0.05, 0.1) is 31.6 Å². The topological polar surface area (TPSA) is 50.6 Å². The Kier molecular flexibility index (Phi) is 27.4. The molecule has 65 heavy (non-hydrogen) atoms. The maximum absolute atomic E-state index is 12.2. The molecule has 2 aromatic rings. The fourth-order valence-electron chi connectivity index (χ4n) is 9.72. The molecule has 43 radical (unpaired) electrons. The lowest BCUT2D eigenvalue weighted by molar-refractivity contribution is -0.119. The maximum Gasteiger partial charge on any atom is 0.229 e. The van der Waals surface area contributed by atoms with Crippen LogP contribution in [0.25, 0.3) is 0 Å². The van der Waals surface area contributed by atoms with Crippen molar-refractivity contribution in [3.63, 3.8) is 0 Å². The van der Waals surface area contributed by atoms with Crippen LogP contribution in [0, 0.1) is 0 Å². The molecule has 2 heterocycles. The third-order valence-electron chi connectivity index (χ3n) is 12.7. The standard InChI is InChI=1S/C18H24N4O2.B41/c1-20-11-15(19-13-20)12-22-8-6-14-4-5-16(10-17(14)22)21(2)18(23)7-9-24-3;1-22-33(23(2)3)38(32(20)21)41(39(34(24(4)5)25(6)7)35(26(8)9)27(10)11)40(36(28(12)13)29(14)15)37(30(16)17)31(18)19/h4-5,10-11,13H,6-9,12H2,1-3H3;. The van der Waals surface area contributed by atoms with Gasteiger partial charge in [-0.1, -0.05) is 6.07 Å². The van der Waals surface area contributed by atoms with Crippen molar-refractivity contribution in [2.24, 2.45) is 7.05 Å². The van der Waals surface area contributed by atoms with E-state index in [1.807, 2.05) is 37.3 Å². The predicted molar refractivity (Wildman–Crippen MR) is 330 cm³/mol. The number of hydrogen-bond acceptors (Lipinski definition) is 4. The number of carbonyl (C=O) groups excluding carboxylic acids is 1. The van der Waals surface area contributed by atoms with Gasteiger partial charge in [0.15, 0.2) is 0 Å². The highest BCUT2D eigenvalue weighted by molar-refractivity contribution is 8.32. The molecular weight excluding hydrogens is 748 g/mol. The number of benzene rings is 1. The quantitative estimate of drug-likeness (QED) is 0.0944. The largest absolute Gasteiger partial charge is 0.384 e. The number of ether oxygens (including phenoxy) is 1. The Morgan fingerprint density at radius 3 is 1.42 bits per heavy atom. The van der Waals surface area contributed by atoms with Crippen LogP contribution in [0.2, 0.25) is 0 Å². The Morgan fingerprint density at radius 1 is 0.662 bits per heavy atom. The molecule has 1 aromatic heterocycles. The first kappa shape index (κ1) is 61.4. The number of nitrogens with zero attached hydrogens (tertiary/aromatic N) is 4. The van der Waals surface area contributed by atoms with E-state index in [1.54, 1.807) is 12.0 Å². The second-order valence-corrected chi connectivity index (χ2v) is 17.4. The van der Waals surface area contributed by atoms with Crippen LogP contribution in [0.4, 0.5) is 11.4 Å². The summed E-state index contributed by atoms with van der Waals surface area (Å²) in [4.78, 5) is 20.6. The van der Waals surface area contributed by atoms with Crippen LogP contribution in [0.3, 0.4) is 0 Å². The van der Waals surface area contributed by atoms with Gasteiger partial charge >= 0.3 is 0 Å². The molecule has 0 unspecified atom stereocenters. The SMILES string of the molecule is COCCC(=O)N(C)c1ccc2c(c1)N(Cc1cn(C)cn1)CC2.[B][B]B(B([B])[B])B(B([B])[B])B(B(B(B([B])[B])B([B])[B])B(B([B])[B])B([B])[B])B(B(B([B])[B])B([B])[B])B(B([B])[B])B([B])[B]. The van der Waals surface area contributed by atoms with Crippen molar-refractivity contribution >= 4 is 308 Å². The molecular formula is C18H24B41N4O2. The summed E-state index contributed by atoms with van der Waals surface area (Å²) in [6.45, 7) is 2.22. The van der Waals surface area contributed by atoms with Gasteiger partial charge in [-0.25, -0.2) is 4.98 Å². The number of anilines is 2. The first-order valence-electron chi connectivity index (χ1n) is 21.5. The minimum absolute atomic E-state index is 0.0612. The second kappa shape index (κ2) is 29.0. The Morgan fingerprint density at radius 2 is 1.08 bits per heavy atom. The van der Waals surface area contributed by atoms with Gasteiger partial charge in [-0.3, -0.25) is 4.79 Å². The van der Waals surface area contributed by atoms with Crippen LogP contribution in [-0.2, 0) is 29.5 Å². The molecule has 0 atom stereocenters. The molecule has 1 aromatic carbocycles. The van der Waals surface area contributed by atoms with Crippen molar-refractivity contribution in [1.29, 1.82) is 0 Å². The van der Waals surface area contributed by atoms with E-state index < -0.39 is 121 Å². The Bertz CT molecular complexity index is 1570. The zero-order valence-corrected chi connectivity index (χ0v) is 38.2. The van der Waals surface area contributed by atoms with Crippen LogP contribution in [0.5, 0.6) is 0 Å². The summed E-state index contributed by atoms with van der Waals surface area (Å²) in [7, 11) is 138. The third-order valence-corrected chi connectivity index (χ3v) is 12.7. The highest BCUT2D eigenvalue weighted by Gasteiger charge is 2.57. The molecule has 6 nitrogen and oxygen atoms in total. The van der Waals surface area contributed by atoms with Crippen molar-refractivity contribution < 1.29 is 9.53 Å². The van der Waals surface area contributed by atoms with E-state index in [0.29, 0.717) is 13.0 Å². The van der Waals surface area contributed by atoms with Crippen molar-refractivity contribution in [3.05, 3.63) is 42.0 Å². The monoisotopic (exact) mass is 780 g/mol. The molecule has 251 valence electrons. The van der Waals surface area contributed by atoms with Gasteiger partial charge in [-0.2, -0.15) is 0 Å². The van der Waals surface area contributed by atoms with E-state index in [-0.39, 0.29) is 5.91 Å². The van der Waals surface area contributed by atoms with Crippen molar-refractivity contribution in [2.45, 2.75) is 19.4 Å². The summed E-state index contributed by atoms with van der Waals surface area (Å²) in [5.41, 5.74) is 4.50. The minimum Gasteiger partial charge on any atom is -0.384 e. The molecule has 0 spiro atoms. The summed E-state index contributed by atoms with van der Waals surface area (Å²) < 4.78 is 6.96. The number of rotatable bonds is 25. The number of hydrogen-bond donors (Lipinski definition) is 0. The zero-order chi connectivity index (χ0) is 49.8. The molecule has 0 saturated heterocycles. The van der Waals surface area contributed by atoms with Gasteiger partial charge in [0.1, 0.15) is 0 Å². The number of fused-ring (bicyclic) bond motifs is 1. The van der Waals surface area contributed by atoms with E-state index in [4.69, 9.17) is 167 Å². The van der Waals surface area contributed by atoms with Gasteiger partial charge in [0.2, 0.25) is 5.91 Å². The van der Waals surface area contributed by atoms with Crippen LogP contribution >= 0.6 is 0 Å². The van der Waals surface area contributed by atoms with Crippen LogP contribution in [0.15, 0.2) is 30.7 Å². The van der Waals surface area contributed by atoms with E-state index in [0.717, 1.165) is 30.9 Å². The van der Waals surface area contributed by atoms with E-state index in [9.17, 15) is 4.79 Å². The molecule has 3 rings (SSSR count). The van der Waals surface area contributed by atoms with Crippen molar-refractivity contribution in [1.82, 2.24) is 9.55 Å². The molecule has 0 saturated carbocycles. The Balaban J connectivity index is 0.000000506. The van der Waals surface area contributed by atoms with Gasteiger partial charge in [0, 0.05) is 336 Å². The first-order chi connectivity index (χ1) is 30.2. The highest BCUT2D eigenvalue weighted by Crippen LogP contribution is 2.33. The van der Waals surface area contributed by atoms with Gasteiger partial charge in [-0.15, -0.1) is 0 Å². The lowest BCUT2D eigenvalue weighted by Gasteiger charge is -2.54. The average Bonchev–Trinajstić information content (AvgIpc) is 3.79. The van der Waals surface area contributed by atoms with E-state index >= 15 is 0 Å². The Labute approximate surface area is 429 Å². The summed E-state index contributed by atoms with van der Waals surface area (Å²) in [5, 5.41) is 0. The maximum atomic E-state index is 12.2. The van der Waals surface area contributed by atoms with Crippen LogP contribution < -0.4 is 9.80 Å². The lowest BCUT2D eigenvalue weighted by Crippen LogP contribution is -2.92. The van der Waals surface area contributed by atoms with E-state index in [1.165, 1.54) is 18.3 Å². The predicted octanol–water partition coefficient (Wildman–Crippen LogP) is -13.6. The smallest absolute Gasteiger partial charge is 0.229 e. The first-order valence-corrected chi connectivity index (χ1v) is 21.5. The summed E-state index contributed by atoms with van der Waals surface area (Å²) in [5.74, 6) is 0.0612. The van der Waals surface area contributed by atoms with Crippen LogP contribution in [0.1, 0.15) is 17.7 Å². The number of amides is 1. The van der Waals surface area contributed by atoms with Crippen molar-refractivity contribution in [2.75, 3.05) is 37.1 Å². The molecule has 0 bridgehead atoms. The number of imidazole rings is 1. The molecule has 1 amide bonds. The van der Waals surface area contributed by atoms with Gasteiger partial charge in [0.25, 0.3) is 0 Å². The lowest BCUT2D eigenvalue weighted by atomic mass is 8.27. The van der Waals surface area contributed by atoms with Crippen molar-refractivity contribution in [3.8, 4) is 0 Å². The zero-order valence-electron chi connectivity index (χ0n) is 38.2. The van der Waals surface area contributed by atoms with E-state index in [2.05, 4.69) is 22.0 Å². The summed E-state index contributed by atoms with van der Waals surface area (Å²) in [6.07, 6.45) is -16.0. The normalized spacial score (nSPS) is 10.9. The number of aromatic nitrogens is 2. The van der Waals surface area contributed by atoms with Gasteiger partial charge in [-0.05, 0) is 24.1 Å².